The van der Waals surface area contributed by atoms with Crippen LogP contribution in [0.3, 0.4) is 0 Å². The number of aromatic nitrogens is 2. The lowest BCUT2D eigenvalue weighted by Gasteiger charge is -2.39. The number of nitrogens with zero attached hydrogens (tertiary/aromatic N) is 3. The number of ether oxygens (including phenoxy) is 2. The summed E-state index contributed by atoms with van der Waals surface area (Å²) in [7, 11) is 0. The van der Waals surface area contributed by atoms with E-state index < -0.39 is 0 Å². The van der Waals surface area contributed by atoms with Gasteiger partial charge in [0.15, 0.2) is 11.5 Å². The third-order valence-electron chi connectivity index (χ3n) is 3.86. The Kier molecular flexibility index (Phi) is 3.45. The highest BCUT2D eigenvalue weighted by atomic mass is 16.6. The van der Waals surface area contributed by atoms with Gasteiger partial charge in [-0.1, -0.05) is 6.07 Å². The summed E-state index contributed by atoms with van der Waals surface area (Å²) >= 11 is 0. The lowest BCUT2D eigenvalue weighted by Crippen LogP contribution is -2.57. The largest absolute Gasteiger partial charge is 0.486 e. The molecule has 0 saturated carbocycles. The number of benzene rings is 1. The third-order valence-corrected chi connectivity index (χ3v) is 3.86. The summed E-state index contributed by atoms with van der Waals surface area (Å²) in [6, 6.07) is 7.34. The lowest BCUT2D eigenvalue weighted by atomic mass is 10.1. The van der Waals surface area contributed by atoms with E-state index >= 15 is 0 Å². The van der Waals surface area contributed by atoms with E-state index in [9.17, 15) is 4.79 Å². The molecule has 118 valence electrons. The lowest BCUT2D eigenvalue weighted by molar-refractivity contribution is 0.0615. The van der Waals surface area contributed by atoms with Crippen LogP contribution in [0.2, 0.25) is 0 Å². The van der Waals surface area contributed by atoms with Crippen molar-refractivity contribution >= 4 is 11.9 Å². The Morgan fingerprint density at radius 1 is 1.13 bits per heavy atom. The minimum absolute atomic E-state index is 0.0422. The predicted molar refractivity (Wildman–Crippen MR) is 82.8 cm³/mol. The quantitative estimate of drug-likeness (QED) is 0.917. The fraction of sp³-hybridized carbons (Fsp3) is 0.312. The second kappa shape index (κ2) is 5.75. The summed E-state index contributed by atoms with van der Waals surface area (Å²) in [4.78, 5) is 22.6. The van der Waals surface area contributed by atoms with Crippen molar-refractivity contribution in [2.24, 2.45) is 0 Å². The highest BCUT2D eigenvalue weighted by molar-refractivity contribution is 5.98. The number of likely N-dealkylation sites (tertiary alicyclic amines) is 1. The molecule has 7 nitrogen and oxygen atoms in total. The number of hydrogen-bond acceptors (Lipinski definition) is 6. The van der Waals surface area contributed by atoms with Crippen LogP contribution in [0.15, 0.2) is 36.7 Å². The Labute approximate surface area is 133 Å². The van der Waals surface area contributed by atoms with E-state index in [-0.39, 0.29) is 11.9 Å². The van der Waals surface area contributed by atoms with E-state index in [1.165, 1.54) is 0 Å². The maximum absolute atomic E-state index is 12.6. The van der Waals surface area contributed by atoms with Gasteiger partial charge in [0.05, 0.1) is 11.6 Å². The van der Waals surface area contributed by atoms with E-state index in [1.54, 1.807) is 29.4 Å². The normalized spacial score (nSPS) is 16.6. The number of carbonyl (C=O) groups is 1. The van der Waals surface area contributed by atoms with Crippen LogP contribution in [0.1, 0.15) is 10.4 Å². The molecule has 1 saturated heterocycles. The Hall–Kier alpha value is -2.83. The summed E-state index contributed by atoms with van der Waals surface area (Å²) < 4.78 is 11.1. The fourth-order valence-electron chi connectivity index (χ4n) is 2.70. The first-order valence-electron chi connectivity index (χ1n) is 7.53. The molecule has 0 atom stereocenters. The van der Waals surface area contributed by atoms with Gasteiger partial charge in [-0.3, -0.25) is 4.79 Å². The molecule has 2 aliphatic heterocycles. The van der Waals surface area contributed by atoms with Crippen LogP contribution in [-0.4, -0.2) is 53.1 Å². The van der Waals surface area contributed by atoms with Gasteiger partial charge in [-0.05, 0) is 18.2 Å². The molecule has 0 radical (unpaired) electrons. The molecule has 2 aliphatic rings. The van der Waals surface area contributed by atoms with Gasteiger partial charge in [-0.25, -0.2) is 9.97 Å². The first kappa shape index (κ1) is 13.8. The average Bonchev–Trinajstić information content (AvgIpc) is 2.57. The second-order valence-electron chi connectivity index (χ2n) is 5.45. The van der Waals surface area contributed by atoms with E-state index in [4.69, 9.17) is 9.47 Å². The summed E-state index contributed by atoms with van der Waals surface area (Å²) in [5.41, 5.74) is 0.552. The molecule has 1 aromatic heterocycles. The van der Waals surface area contributed by atoms with Gasteiger partial charge in [-0.2, -0.15) is 0 Å². The molecule has 4 rings (SSSR count). The molecule has 1 fully saturated rings. The SMILES string of the molecule is O=C(c1cccc2c1OCCO2)N1CC(Nc2ncccn2)C1. The Balaban J connectivity index is 1.42. The smallest absolute Gasteiger partial charge is 0.257 e. The van der Waals surface area contributed by atoms with Crippen molar-refractivity contribution in [3.8, 4) is 11.5 Å². The topological polar surface area (TPSA) is 76.6 Å². The average molecular weight is 312 g/mol. The van der Waals surface area contributed by atoms with Crippen molar-refractivity contribution in [2.45, 2.75) is 6.04 Å². The number of carbonyl (C=O) groups excluding carboxylic acids is 1. The standard InChI is InChI=1S/C16H16N4O3/c21-15(12-3-1-4-13-14(12)23-8-7-22-13)20-9-11(10-20)19-16-17-5-2-6-18-16/h1-6,11H,7-10H2,(H,17,18,19). The number of hydrogen-bond donors (Lipinski definition) is 1. The minimum Gasteiger partial charge on any atom is -0.486 e. The molecule has 1 amide bonds. The number of nitrogens with one attached hydrogen (secondary N) is 1. The molecule has 7 heteroatoms. The van der Waals surface area contributed by atoms with Crippen LogP contribution in [0.25, 0.3) is 0 Å². The number of amides is 1. The van der Waals surface area contributed by atoms with Crippen LogP contribution >= 0.6 is 0 Å². The maximum atomic E-state index is 12.6. The van der Waals surface area contributed by atoms with Crippen molar-refractivity contribution in [3.63, 3.8) is 0 Å². The van der Waals surface area contributed by atoms with Gasteiger partial charge in [-0.15, -0.1) is 0 Å². The number of fused-ring (bicyclic) bond motifs is 1. The van der Waals surface area contributed by atoms with Crippen molar-refractivity contribution in [3.05, 3.63) is 42.2 Å². The molecule has 1 aromatic carbocycles. The first-order chi connectivity index (χ1) is 11.3. The monoisotopic (exact) mass is 312 g/mol. The Bertz CT molecular complexity index is 717. The molecule has 0 bridgehead atoms. The van der Waals surface area contributed by atoms with Crippen LogP contribution in [0.4, 0.5) is 5.95 Å². The highest BCUT2D eigenvalue weighted by Gasteiger charge is 2.33. The third kappa shape index (κ3) is 2.65. The molecule has 0 spiro atoms. The Morgan fingerprint density at radius 3 is 2.74 bits per heavy atom. The van der Waals surface area contributed by atoms with Crippen LogP contribution in [-0.2, 0) is 0 Å². The van der Waals surface area contributed by atoms with E-state index in [2.05, 4.69) is 15.3 Å². The highest BCUT2D eigenvalue weighted by Crippen LogP contribution is 2.34. The number of para-hydroxylation sites is 1. The molecule has 0 unspecified atom stereocenters. The van der Waals surface area contributed by atoms with Crippen molar-refractivity contribution in [1.29, 1.82) is 0 Å². The molecule has 23 heavy (non-hydrogen) atoms. The molecule has 3 heterocycles. The van der Waals surface area contributed by atoms with Gasteiger partial charge in [0, 0.05) is 25.5 Å². The zero-order valence-electron chi connectivity index (χ0n) is 12.4. The van der Waals surface area contributed by atoms with Crippen molar-refractivity contribution in [1.82, 2.24) is 14.9 Å². The fourth-order valence-corrected chi connectivity index (χ4v) is 2.70. The summed E-state index contributed by atoms with van der Waals surface area (Å²) in [6.07, 6.45) is 3.37. The van der Waals surface area contributed by atoms with Gasteiger partial charge in [0.25, 0.3) is 5.91 Å². The van der Waals surface area contributed by atoms with Crippen LogP contribution in [0, 0.1) is 0 Å². The molecular formula is C16H16N4O3. The minimum atomic E-state index is -0.0422. The number of anilines is 1. The van der Waals surface area contributed by atoms with Crippen molar-refractivity contribution in [2.75, 3.05) is 31.6 Å². The van der Waals surface area contributed by atoms with Gasteiger partial charge in [0.2, 0.25) is 5.95 Å². The van der Waals surface area contributed by atoms with Gasteiger partial charge >= 0.3 is 0 Å². The predicted octanol–water partition coefficient (Wildman–Crippen LogP) is 1.18. The first-order valence-corrected chi connectivity index (χ1v) is 7.53. The summed E-state index contributed by atoms with van der Waals surface area (Å²) in [5, 5.41) is 3.20. The second-order valence-corrected chi connectivity index (χ2v) is 5.45. The van der Waals surface area contributed by atoms with Crippen molar-refractivity contribution < 1.29 is 14.3 Å². The Morgan fingerprint density at radius 2 is 1.91 bits per heavy atom. The zero-order valence-corrected chi connectivity index (χ0v) is 12.4. The van der Waals surface area contributed by atoms with Crippen LogP contribution < -0.4 is 14.8 Å². The van der Waals surface area contributed by atoms with E-state index in [1.807, 2.05) is 12.1 Å². The molecular weight excluding hydrogens is 296 g/mol. The summed E-state index contributed by atoms with van der Waals surface area (Å²) in [6.45, 7) is 2.20. The molecule has 1 N–H and O–H groups in total. The van der Waals surface area contributed by atoms with E-state index in [0.29, 0.717) is 49.3 Å². The number of rotatable bonds is 3. The van der Waals surface area contributed by atoms with Gasteiger partial charge in [0.1, 0.15) is 13.2 Å². The molecule has 0 aliphatic carbocycles. The van der Waals surface area contributed by atoms with Gasteiger partial charge < -0.3 is 19.7 Å². The summed E-state index contributed by atoms with van der Waals surface area (Å²) in [5.74, 6) is 1.72. The molecule has 2 aromatic rings. The zero-order chi connectivity index (χ0) is 15.6. The van der Waals surface area contributed by atoms with E-state index in [0.717, 1.165) is 0 Å². The maximum Gasteiger partial charge on any atom is 0.257 e. The van der Waals surface area contributed by atoms with Crippen LogP contribution in [0.5, 0.6) is 11.5 Å².